The van der Waals surface area contributed by atoms with Crippen molar-refractivity contribution in [3.63, 3.8) is 0 Å². The molecular formula is C19H25BIN6O. The van der Waals surface area contributed by atoms with Crippen LogP contribution in [0.4, 0.5) is 5.82 Å². The first kappa shape index (κ1) is 20.8. The Balaban J connectivity index is 1.91. The Labute approximate surface area is 179 Å². The first-order valence-electron chi connectivity index (χ1n) is 9.14. The van der Waals surface area contributed by atoms with Crippen molar-refractivity contribution in [2.24, 2.45) is 5.41 Å². The molecule has 2 heterocycles. The molecule has 0 unspecified atom stereocenters. The molecule has 3 N–H and O–H groups in total. The van der Waals surface area contributed by atoms with Crippen molar-refractivity contribution in [3.8, 4) is 5.75 Å². The number of hydrogen-bond acceptors (Lipinski definition) is 6. The Hall–Kier alpha value is -1.88. The number of benzene rings is 1. The fourth-order valence-corrected chi connectivity index (χ4v) is 3.35. The smallest absolute Gasteiger partial charge is 0.242 e. The van der Waals surface area contributed by atoms with Gasteiger partial charge >= 0.3 is 0 Å². The molecule has 9 heteroatoms. The van der Waals surface area contributed by atoms with Gasteiger partial charge in [0.05, 0.1) is 12.8 Å². The number of nitrogens with zero attached hydrogens (tertiary/aromatic N) is 4. The number of nitrogens with one attached hydrogen (secondary N) is 1. The first-order chi connectivity index (χ1) is 13.3. The van der Waals surface area contributed by atoms with E-state index in [9.17, 15) is 0 Å². The highest BCUT2D eigenvalue weighted by atomic mass is 127. The molecule has 28 heavy (non-hydrogen) atoms. The summed E-state index contributed by atoms with van der Waals surface area (Å²) in [6.45, 7) is 9.11. The van der Waals surface area contributed by atoms with Crippen LogP contribution < -0.4 is 27.0 Å². The van der Waals surface area contributed by atoms with E-state index in [2.05, 4.69) is 63.2 Å². The number of aromatic nitrogens is 4. The molecule has 0 aliphatic carbocycles. The Morgan fingerprint density at radius 2 is 2.07 bits per heavy atom. The number of methoxy groups -OCH3 is 1. The lowest BCUT2D eigenvalue weighted by Crippen LogP contribution is -2.38. The van der Waals surface area contributed by atoms with E-state index in [1.807, 2.05) is 25.5 Å². The molecule has 3 aromatic rings. The summed E-state index contributed by atoms with van der Waals surface area (Å²) in [5, 5.41) is 3.51. The Kier molecular flexibility index (Phi) is 6.44. The topological polar surface area (TPSA) is 90.9 Å². The Morgan fingerprint density at radius 3 is 2.79 bits per heavy atom. The summed E-state index contributed by atoms with van der Waals surface area (Å²) in [6.07, 6.45) is 1.48. The molecule has 0 aliphatic rings. The molecule has 0 atom stereocenters. The van der Waals surface area contributed by atoms with Gasteiger partial charge in [-0.15, -0.1) is 0 Å². The van der Waals surface area contributed by atoms with Crippen LogP contribution in [0.1, 0.15) is 20.8 Å². The maximum atomic E-state index is 6.04. The van der Waals surface area contributed by atoms with Crippen LogP contribution in [0.3, 0.4) is 0 Å². The molecule has 1 radical (unpaired) electrons. The van der Waals surface area contributed by atoms with Gasteiger partial charge in [-0.25, -0.2) is 15.0 Å². The van der Waals surface area contributed by atoms with Gasteiger partial charge in [-0.05, 0) is 46.2 Å². The summed E-state index contributed by atoms with van der Waals surface area (Å²) in [6, 6.07) is 5.97. The molecule has 0 amide bonds. The third-order valence-corrected chi connectivity index (χ3v) is 5.23. The highest BCUT2D eigenvalue weighted by Crippen LogP contribution is 2.15. The number of halogens is 1. The molecule has 7 nitrogen and oxygen atoms in total. The van der Waals surface area contributed by atoms with Gasteiger partial charge in [0.15, 0.2) is 11.5 Å². The van der Waals surface area contributed by atoms with Crippen molar-refractivity contribution in [3.05, 3.63) is 28.1 Å². The van der Waals surface area contributed by atoms with E-state index in [1.165, 1.54) is 6.33 Å². The molecule has 0 spiro atoms. The molecule has 1 aromatic carbocycles. The van der Waals surface area contributed by atoms with Crippen molar-refractivity contribution in [2.45, 2.75) is 27.3 Å². The van der Waals surface area contributed by atoms with Crippen LogP contribution in [-0.4, -0.2) is 47.0 Å². The third kappa shape index (κ3) is 4.94. The van der Waals surface area contributed by atoms with E-state index in [1.54, 1.807) is 7.11 Å². The third-order valence-electron chi connectivity index (χ3n) is 4.25. The highest BCUT2D eigenvalue weighted by molar-refractivity contribution is 14.1. The van der Waals surface area contributed by atoms with Crippen LogP contribution in [-0.2, 0) is 6.54 Å². The standard InChI is InChI=1S/C19H25BIN6O/c1-19(2,3)10-23-7-8-27-17-15(16(22)24-11-25-17)26-18(27)20-13-9-12(28-4)5-6-14(13)21/h5-6,9,11,23H,7-8,10H2,1-4H3,(H2,22,24,25). The van der Waals surface area contributed by atoms with Crippen LogP contribution in [0.15, 0.2) is 24.5 Å². The minimum Gasteiger partial charge on any atom is -0.497 e. The molecule has 3 rings (SSSR count). The van der Waals surface area contributed by atoms with Crippen LogP contribution in [0.2, 0.25) is 0 Å². The van der Waals surface area contributed by atoms with Crippen molar-refractivity contribution < 1.29 is 4.74 Å². The molecular weight excluding hydrogens is 466 g/mol. The van der Waals surface area contributed by atoms with Gasteiger partial charge in [-0.2, -0.15) is 0 Å². The highest BCUT2D eigenvalue weighted by Gasteiger charge is 2.18. The van der Waals surface area contributed by atoms with Crippen molar-refractivity contribution in [1.29, 1.82) is 0 Å². The fraction of sp³-hybridized carbons (Fsp3) is 0.421. The van der Waals surface area contributed by atoms with E-state index in [-0.39, 0.29) is 5.41 Å². The number of rotatable bonds is 7. The van der Waals surface area contributed by atoms with E-state index in [4.69, 9.17) is 15.5 Å². The van der Waals surface area contributed by atoms with Gasteiger partial charge in [0.25, 0.3) is 0 Å². The molecule has 0 saturated carbocycles. The summed E-state index contributed by atoms with van der Waals surface area (Å²) < 4.78 is 8.56. The van der Waals surface area contributed by atoms with E-state index < -0.39 is 0 Å². The normalized spacial score (nSPS) is 11.8. The number of nitrogen functional groups attached to an aromatic ring is 1. The van der Waals surface area contributed by atoms with Crippen molar-refractivity contribution in [1.82, 2.24) is 24.8 Å². The maximum Gasteiger partial charge on any atom is 0.242 e. The maximum absolute atomic E-state index is 6.04. The number of imidazole rings is 1. The van der Waals surface area contributed by atoms with Crippen LogP contribution in [0, 0.1) is 8.99 Å². The van der Waals surface area contributed by atoms with Crippen molar-refractivity contribution >= 4 is 58.0 Å². The molecule has 147 valence electrons. The summed E-state index contributed by atoms with van der Waals surface area (Å²) in [4.78, 5) is 13.2. The average Bonchev–Trinajstić information content (AvgIpc) is 2.98. The van der Waals surface area contributed by atoms with Crippen LogP contribution >= 0.6 is 22.6 Å². The Morgan fingerprint density at radius 1 is 1.29 bits per heavy atom. The largest absolute Gasteiger partial charge is 0.497 e. The van der Waals surface area contributed by atoms with Crippen molar-refractivity contribution in [2.75, 3.05) is 25.9 Å². The van der Waals surface area contributed by atoms with Crippen LogP contribution in [0.25, 0.3) is 11.2 Å². The van der Waals surface area contributed by atoms with E-state index in [0.29, 0.717) is 11.3 Å². The van der Waals surface area contributed by atoms with Gasteiger partial charge in [0.2, 0.25) is 7.28 Å². The minimum absolute atomic E-state index is 0.231. The average molecular weight is 491 g/mol. The molecule has 0 bridgehead atoms. The lowest BCUT2D eigenvalue weighted by atomic mass is 9.69. The lowest BCUT2D eigenvalue weighted by molar-refractivity contribution is 0.376. The fourth-order valence-electron chi connectivity index (χ4n) is 2.85. The van der Waals surface area contributed by atoms with Gasteiger partial charge in [0, 0.05) is 23.2 Å². The summed E-state index contributed by atoms with van der Waals surface area (Å²) in [5.41, 5.74) is 9.47. The number of fused-ring (bicyclic) bond motifs is 1. The summed E-state index contributed by atoms with van der Waals surface area (Å²) >= 11 is 2.31. The molecule has 0 aliphatic heterocycles. The molecule has 0 saturated heterocycles. The zero-order chi connectivity index (χ0) is 20.3. The SMILES string of the molecule is COc1ccc(I)c([B]c2nc3c(N)ncnc3n2CCNCC(C)(C)C)c1. The molecule has 2 aromatic heterocycles. The monoisotopic (exact) mass is 491 g/mol. The zero-order valence-corrected chi connectivity index (χ0v) is 18.8. The number of ether oxygens (including phenoxy) is 1. The van der Waals surface area contributed by atoms with Gasteiger partial charge in [-0.3, -0.25) is 0 Å². The molecule has 0 fully saturated rings. The van der Waals surface area contributed by atoms with E-state index >= 15 is 0 Å². The quantitative estimate of drug-likeness (QED) is 0.295. The predicted molar refractivity (Wildman–Crippen MR) is 123 cm³/mol. The van der Waals surface area contributed by atoms with E-state index in [0.717, 1.165) is 45.8 Å². The summed E-state index contributed by atoms with van der Waals surface area (Å²) in [7, 11) is 3.70. The number of anilines is 1. The predicted octanol–water partition coefficient (Wildman–Crippen LogP) is 1.31. The number of nitrogens with two attached hydrogens (primary N) is 1. The van der Waals surface area contributed by atoms with Gasteiger partial charge in [-0.1, -0.05) is 26.2 Å². The second-order valence-corrected chi connectivity index (χ2v) is 8.98. The van der Waals surface area contributed by atoms with Gasteiger partial charge in [0.1, 0.15) is 17.6 Å². The first-order valence-corrected chi connectivity index (χ1v) is 10.2. The second-order valence-electron chi connectivity index (χ2n) is 7.82. The lowest BCUT2D eigenvalue weighted by Gasteiger charge is -2.19. The minimum atomic E-state index is 0.231. The summed E-state index contributed by atoms with van der Waals surface area (Å²) in [5.74, 6) is 1.20. The van der Waals surface area contributed by atoms with Crippen LogP contribution in [0.5, 0.6) is 5.75 Å². The zero-order valence-electron chi connectivity index (χ0n) is 16.7. The van der Waals surface area contributed by atoms with Gasteiger partial charge < -0.3 is 20.4 Å². The number of hydrogen-bond donors (Lipinski definition) is 2. The Bertz CT molecular complexity index is 969. The second kappa shape index (κ2) is 8.65.